The zero-order chi connectivity index (χ0) is 14.7. The average molecular weight is 282 g/mol. The summed E-state index contributed by atoms with van der Waals surface area (Å²) in [6, 6.07) is 2.63. The summed E-state index contributed by atoms with van der Waals surface area (Å²) in [6.07, 6.45) is 0. The van der Waals surface area contributed by atoms with E-state index in [1.54, 1.807) is 0 Å². The summed E-state index contributed by atoms with van der Waals surface area (Å²) in [5, 5.41) is 5.84. The van der Waals surface area contributed by atoms with Crippen LogP contribution in [0.25, 0.3) is 0 Å². The van der Waals surface area contributed by atoms with Crippen molar-refractivity contribution >= 4 is 11.6 Å². The molecule has 1 aliphatic heterocycles. The molecule has 110 valence electrons. The highest BCUT2D eigenvalue weighted by Gasteiger charge is 2.29. The van der Waals surface area contributed by atoms with Crippen LogP contribution < -0.4 is 20.1 Å². The Hall–Kier alpha value is -1.82. The van der Waals surface area contributed by atoms with Gasteiger partial charge in [-0.25, -0.2) is 4.39 Å². The Labute approximate surface area is 117 Å². The van der Waals surface area contributed by atoms with E-state index in [0.717, 1.165) is 13.1 Å². The number of carbonyl (C=O) groups is 1. The third-order valence-electron chi connectivity index (χ3n) is 3.67. The lowest BCUT2D eigenvalue weighted by molar-refractivity contribution is -0.121. The normalized spacial score (nSPS) is 16.2. The number of rotatable bonds is 5. The fourth-order valence-corrected chi connectivity index (χ4v) is 2.08. The maximum atomic E-state index is 13.7. The first-order valence-corrected chi connectivity index (χ1v) is 6.50. The van der Waals surface area contributed by atoms with Crippen LogP contribution in [-0.4, -0.2) is 33.2 Å². The van der Waals surface area contributed by atoms with Crippen molar-refractivity contribution in [1.29, 1.82) is 0 Å². The summed E-state index contributed by atoms with van der Waals surface area (Å²) >= 11 is 0. The Morgan fingerprint density at radius 2 is 2.00 bits per heavy atom. The Bertz CT molecular complexity index is 503. The maximum absolute atomic E-state index is 13.7. The van der Waals surface area contributed by atoms with Crippen molar-refractivity contribution in [3.8, 4) is 11.5 Å². The second-order valence-corrected chi connectivity index (χ2v) is 4.88. The molecule has 0 aromatic heterocycles. The highest BCUT2D eigenvalue weighted by molar-refractivity contribution is 5.94. The molecule has 1 heterocycles. The van der Waals surface area contributed by atoms with Gasteiger partial charge in [-0.1, -0.05) is 6.92 Å². The van der Waals surface area contributed by atoms with Gasteiger partial charge in [-0.2, -0.15) is 0 Å². The predicted molar refractivity (Wildman–Crippen MR) is 73.7 cm³/mol. The van der Waals surface area contributed by atoms with Crippen LogP contribution in [0.4, 0.5) is 10.1 Å². The standard InChI is InChI=1S/C14H19FN2O3/c1-8(9-6-16-7-9)14(18)17-11-4-10(15)12(19-2)5-13(11)20-3/h4-5,8-9,16H,6-7H2,1-3H3,(H,17,18). The fourth-order valence-electron chi connectivity index (χ4n) is 2.08. The summed E-state index contributed by atoms with van der Waals surface area (Å²) in [5.74, 6) is -0.0391. The third kappa shape index (κ3) is 2.85. The number of halogens is 1. The maximum Gasteiger partial charge on any atom is 0.227 e. The molecule has 0 aliphatic carbocycles. The van der Waals surface area contributed by atoms with E-state index in [9.17, 15) is 9.18 Å². The topological polar surface area (TPSA) is 59.6 Å². The van der Waals surface area contributed by atoms with Crippen LogP contribution in [0.5, 0.6) is 11.5 Å². The molecule has 1 atom stereocenters. The van der Waals surface area contributed by atoms with Crippen molar-refractivity contribution in [3.05, 3.63) is 17.9 Å². The van der Waals surface area contributed by atoms with Crippen molar-refractivity contribution in [2.45, 2.75) is 6.92 Å². The van der Waals surface area contributed by atoms with E-state index >= 15 is 0 Å². The summed E-state index contributed by atoms with van der Waals surface area (Å²) in [5.41, 5.74) is 0.315. The number of anilines is 1. The second kappa shape index (κ2) is 6.09. The number of ether oxygens (including phenoxy) is 2. The molecule has 0 radical (unpaired) electrons. The predicted octanol–water partition coefficient (Wildman–Crippen LogP) is 1.64. The Balaban J connectivity index is 2.15. The lowest BCUT2D eigenvalue weighted by Crippen LogP contribution is -2.48. The second-order valence-electron chi connectivity index (χ2n) is 4.88. The SMILES string of the molecule is COc1cc(OC)c(NC(=O)C(C)C2CNC2)cc1F. The lowest BCUT2D eigenvalue weighted by atomic mass is 9.88. The molecular weight excluding hydrogens is 263 g/mol. The van der Waals surface area contributed by atoms with Gasteiger partial charge < -0.3 is 20.1 Å². The minimum atomic E-state index is -0.540. The quantitative estimate of drug-likeness (QED) is 0.862. The van der Waals surface area contributed by atoms with E-state index in [1.165, 1.54) is 26.4 Å². The number of amides is 1. The van der Waals surface area contributed by atoms with Gasteiger partial charge in [0.2, 0.25) is 5.91 Å². The third-order valence-corrected chi connectivity index (χ3v) is 3.67. The Morgan fingerprint density at radius 3 is 2.50 bits per heavy atom. The molecule has 1 saturated heterocycles. The van der Waals surface area contributed by atoms with Crippen molar-refractivity contribution in [1.82, 2.24) is 5.32 Å². The van der Waals surface area contributed by atoms with Gasteiger partial charge in [-0.3, -0.25) is 4.79 Å². The van der Waals surface area contributed by atoms with Crippen molar-refractivity contribution in [2.75, 3.05) is 32.6 Å². The number of nitrogens with one attached hydrogen (secondary N) is 2. The van der Waals surface area contributed by atoms with E-state index in [1.807, 2.05) is 6.92 Å². The van der Waals surface area contributed by atoms with Crippen molar-refractivity contribution in [3.63, 3.8) is 0 Å². The van der Waals surface area contributed by atoms with Gasteiger partial charge in [0.15, 0.2) is 11.6 Å². The molecule has 20 heavy (non-hydrogen) atoms. The van der Waals surface area contributed by atoms with Crippen LogP contribution in [-0.2, 0) is 4.79 Å². The fraction of sp³-hybridized carbons (Fsp3) is 0.500. The summed E-state index contributed by atoms with van der Waals surface area (Å²) < 4.78 is 23.7. The van der Waals surface area contributed by atoms with Gasteiger partial charge in [0.25, 0.3) is 0 Å². The molecule has 2 N–H and O–H groups in total. The molecule has 5 nitrogen and oxygen atoms in total. The van der Waals surface area contributed by atoms with Gasteiger partial charge in [-0.15, -0.1) is 0 Å². The first-order chi connectivity index (χ1) is 9.56. The molecule has 1 amide bonds. The minimum Gasteiger partial charge on any atom is -0.494 e. The van der Waals surface area contributed by atoms with Crippen molar-refractivity contribution in [2.24, 2.45) is 11.8 Å². The van der Waals surface area contributed by atoms with Crippen LogP contribution in [0.3, 0.4) is 0 Å². The zero-order valence-corrected chi connectivity index (χ0v) is 11.8. The number of hydrogen-bond acceptors (Lipinski definition) is 4. The average Bonchev–Trinajstić information content (AvgIpc) is 2.37. The summed E-state index contributed by atoms with van der Waals surface area (Å²) in [7, 11) is 2.84. The van der Waals surface area contributed by atoms with Crippen molar-refractivity contribution < 1.29 is 18.7 Å². The van der Waals surface area contributed by atoms with Gasteiger partial charge in [-0.05, 0) is 19.0 Å². The highest BCUT2D eigenvalue weighted by Crippen LogP contribution is 2.32. The molecule has 1 aliphatic rings. The number of methoxy groups -OCH3 is 2. The molecule has 1 aromatic carbocycles. The molecule has 0 saturated carbocycles. The lowest BCUT2D eigenvalue weighted by Gasteiger charge is -2.31. The summed E-state index contributed by atoms with van der Waals surface area (Å²) in [4.78, 5) is 12.1. The van der Waals surface area contributed by atoms with E-state index in [0.29, 0.717) is 17.4 Å². The largest absolute Gasteiger partial charge is 0.494 e. The molecule has 0 bridgehead atoms. The minimum absolute atomic E-state index is 0.0797. The first-order valence-electron chi connectivity index (χ1n) is 6.50. The van der Waals surface area contributed by atoms with Crippen LogP contribution >= 0.6 is 0 Å². The van der Waals surface area contributed by atoms with E-state index in [2.05, 4.69) is 10.6 Å². The number of hydrogen-bond donors (Lipinski definition) is 2. The van der Waals surface area contributed by atoms with Gasteiger partial charge >= 0.3 is 0 Å². The monoisotopic (exact) mass is 282 g/mol. The van der Waals surface area contributed by atoms with Gasteiger partial charge in [0.05, 0.1) is 19.9 Å². The van der Waals surface area contributed by atoms with Gasteiger partial charge in [0.1, 0.15) is 5.75 Å². The molecule has 1 unspecified atom stereocenters. The van der Waals surface area contributed by atoms with Crippen LogP contribution in [0.1, 0.15) is 6.92 Å². The molecule has 1 fully saturated rings. The smallest absolute Gasteiger partial charge is 0.227 e. The Kier molecular flexibility index (Phi) is 4.44. The molecule has 6 heteroatoms. The Morgan fingerprint density at radius 1 is 1.35 bits per heavy atom. The molecule has 1 aromatic rings. The highest BCUT2D eigenvalue weighted by atomic mass is 19.1. The van der Waals surface area contributed by atoms with Crippen LogP contribution in [0.2, 0.25) is 0 Å². The van der Waals surface area contributed by atoms with Gasteiger partial charge in [0, 0.05) is 18.1 Å². The summed E-state index contributed by atoms with van der Waals surface area (Å²) in [6.45, 7) is 3.54. The van der Waals surface area contributed by atoms with E-state index < -0.39 is 5.82 Å². The van der Waals surface area contributed by atoms with Crippen LogP contribution in [0, 0.1) is 17.7 Å². The zero-order valence-electron chi connectivity index (χ0n) is 11.8. The molecular formula is C14H19FN2O3. The molecule has 2 rings (SSSR count). The number of carbonyl (C=O) groups excluding carboxylic acids is 1. The first kappa shape index (κ1) is 14.6. The number of benzene rings is 1. The molecule has 0 spiro atoms. The van der Waals surface area contributed by atoms with E-state index in [4.69, 9.17) is 9.47 Å². The van der Waals surface area contributed by atoms with Crippen LogP contribution in [0.15, 0.2) is 12.1 Å². The van der Waals surface area contributed by atoms with E-state index in [-0.39, 0.29) is 17.6 Å².